The Hall–Kier alpha value is -2.49. The Morgan fingerprint density at radius 2 is 1.62 bits per heavy atom. The van der Waals surface area contributed by atoms with Gasteiger partial charge >= 0.3 is 0 Å². The number of hydrogen-bond donors (Lipinski definition) is 1. The normalized spacial score (nSPS) is 10.7. The second-order valence-electron chi connectivity index (χ2n) is 6.63. The molecule has 26 heavy (non-hydrogen) atoms. The molecule has 0 bridgehead atoms. The zero-order chi connectivity index (χ0) is 18.9. The molecule has 2 aromatic rings. The molecule has 0 heterocycles. The molecule has 0 fully saturated rings. The van der Waals surface area contributed by atoms with Crippen LogP contribution >= 0.6 is 0 Å². The van der Waals surface area contributed by atoms with E-state index in [-0.39, 0.29) is 12.5 Å². The van der Waals surface area contributed by atoms with Gasteiger partial charge < -0.3 is 15.0 Å². The first-order valence-corrected chi connectivity index (χ1v) is 9.36. The molecule has 0 unspecified atom stereocenters. The van der Waals surface area contributed by atoms with E-state index in [0.29, 0.717) is 18.2 Å². The fourth-order valence-corrected chi connectivity index (χ4v) is 2.76. The Bertz CT molecular complexity index is 674. The maximum atomic E-state index is 12.0. The number of rotatable bonds is 9. The van der Waals surface area contributed by atoms with Crippen LogP contribution in [0.1, 0.15) is 44.7 Å². The minimum Gasteiger partial charge on any atom is -0.484 e. The molecule has 0 saturated carbocycles. The number of hydrogen-bond acceptors (Lipinski definition) is 3. The van der Waals surface area contributed by atoms with Crippen LogP contribution in [0.25, 0.3) is 0 Å². The Balaban J connectivity index is 1.77. The van der Waals surface area contributed by atoms with Crippen molar-refractivity contribution >= 4 is 11.6 Å². The van der Waals surface area contributed by atoms with E-state index in [9.17, 15) is 4.79 Å². The van der Waals surface area contributed by atoms with Crippen LogP contribution in [0.2, 0.25) is 0 Å². The summed E-state index contributed by atoms with van der Waals surface area (Å²) in [6.45, 7) is 11.1. The predicted octanol–water partition coefficient (Wildman–Crippen LogP) is 4.35. The molecule has 0 aromatic heterocycles. The second kappa shape index (κ2) is 9.85. The highest BCUT2D eigenvalue weighted by Gasteiger charge is 2.05. The summed E-state index contributed by atoms with van der Waals surface area (Å²) in [5.74, 6) is 1.08. The first-order chi connectivity index (χ1) is 12.5. The van der Waals surface area contributed by atoms with Crippen molar-refractivity contribution in [1.29, 1.82) is 0 Å². The summed E-state index contributed by atoms with van der Waals surface area (Å²) >= 11 is 0. The number of carbonyl (C=O) groups is 1. The van der Waals surface area contributed by atoms with Gasteiger partial charge in [-0.1, -0.05) is 38.1 Å². The zero-order valence-corrected chi connectivity index (χ0v) is 16.3. The average molecular weight is 354 g/mol. The van der Waals surface area contributed by atoms with Gasteiger partial charge in [0, 0.05) is 25.3 Å². The van der Waals surface area contributed by atoms with Crippen molar-refractivity contribution < 1.29 is 9.53 Å². The molecule has 0 aliphatic carbocycles. The first kappa shape index (κ1) is 19.8. The maximum Gasteiger partial charge on any atom is 0.258 e. The topological polar surface area (TPSA) is 41.6 Å². The Kier molecular flexibility index (Phi) is 7.52. The molecule has 1 N–H and O–H groups in total. The lowest BCUT2D eigenvalue weighted by Gasteiger charge is -2.21. The van der Waals surface area contributed by atoms with Crippen LogP contribution in [-0.2, 0) is 11.3 Å². The largest absolute Gasteiger partial charge is 0.484 e. The molecule has 0 aliphatic rings. The Morgan fingerprint density at radius 1 is 1.00 bits per heavy atom. The van der Waals surface area contributed by atoms with Gasteiger partial charge in [0.1, 0.15) is 5.75 Å². The molecule has 2 rings (SSSR count). The van der Waals surface area contributed by atoms with E-state index < -0.39 is 0 Å². The van der Waals surface area contributed by atoms with Crippen LogP contribution in [0, 0.1) is 0 Å². The first-order valence-electron chi connectivity index (χ1n) is 9.36. The summed E-state index contributed by atoms with van der Waals surface area (Å²) in [6.07, 6.45) is 0. The van der Waals surface area contributed by atoms with Crippen molar-refractivity contribution in [3.8, 4) is 5.75 Å². The Morgan fingerprint density at radius 3 is 2.15 bits per heavy atom. The third-order valence-electron chi connectivity index (χ3n) is 4.47. The number of ether oxygens (including phenoxy) is 1. The number of nitrogens with zero attached hydrogens (tertiary/aromatic N) is 1. The lowest BCUT2D eigenvalue weighted by Crippen LogP contribution is -2.28. The van der Waals surface area contributed by atoms with Crippen molar-refractivity contribution in [2.45, 2.75) is 40.2 Å². The fraction of sp³-hybridized carbons (Fsp3) is 0.409. The smallest absolute Gasteiger partial charge is 0.258 e. The lowest BCUT2D eigenvalue weighted by atomic mass is 10.0. The third-order valence-corrected chi connectivity index (χ3v) is 4.47. The standard InChI is InChI=1S/C22H30N2O2/c1-5-24(6-2)20-11-7-18(8-12-20)15-23-22(25)16-26-21-13-9-19(10-14-21)17(3)4/h7-14,17H,5-6,15-16H2,1-4H3,(H,23,25). The summed E-state index contributed by atoms with van der Waals surface area (Å²) in [5, 5.41) is 2.90. The van der Waals surface area contributed by atoms with Crippen LogP contribution in [-0.4, -0.2) is 25.6 Å². The molecule has 140 valence electrons. The molecular formula is C22H30N2O2. The van der Waals surface area contributed by atoms with Gasteiger partial charge in [0.15, 0.2) is 6.61 Å². The van der Waals surface area contributed by atoms with Crippen molar-refractivity contribution in [2.24, 2.45) is 0 Å². The van der Waals surface area contributed by atoms with Gasteiger partial charge in [-0.25, -0.2) is 0 Å². The van der Waals surface area contributed by atoms with Gasteiger partial charge in [-0.05, 0) is 55.2 Å². The van der Waals surface area contributed by atoms with E-state index in [1.165, 1.54) is 11.3 Å². The zero-order valence-electron chi connectivity index (χ0n) is 16.3. The van der Waals surface area contributed by atoms with Gasteiger partial charge in [-0.2, -0.15) is 0 Å². The molecule has 0 atom stereocenters. The van der Waals surface area contributed by atoms with E-state index in [0.717, 1.165) is 18.7 Å². The summed E-state index contributed by atoms with van der Waals surface area (Å²) in [6, 6.07) is 16.2. The van der Waals surface area contributed by atoms with Crippen molar-refractivity contribution in [1.82, 2.24) is 5.32 Å². The van der Waals surface area contributed by atoms with Gasteiger partial charge in [0.05, 0.1) is 0 Å². The predicted molar refractivity (Wildman–Crippen MR) is 108 cm³/mol. The quantitative estimate of drug-likeness (QED) is 0.728. The number of benzene rings is 2. The van der Waals surface area contributed by atoms with E-state index in [1.807, 2.05) is 24.3 Å². The summed E-state index contributed by atoms with van der Waals surface area (Å²) in [4.78, 5) is 14.3. The molecule has 0 aliphatic heterocycles. The van der Waals surface area contributed by atoms with Gasteiger partial charge in [0.2, 0.25) is 0 Å². The monoisotopic (exact) mass is 354 g/mol. The molecule has 2 aromatic carbocycles. The summed E-state index contributed by atoms with van der Waals surface area (Å²) in [5.41, 5.74) is 3.55. The minimum absolute atomic E-state index is 0.0263. The highest BCUT2D eigenvalue weighted by molar-refractivity contribution is 5.77. The second-order valence-corrected chi connectivity index (χ2v) is 6.63. The van der Waals surface area contributed by atoms with Crippen LogP contribution in [0.4, 0.5) is 5.69 Å². The fourth-order valence-electron chi connectivity index (χ4n) is 2.76. The molecule has 0 saturated heterocycles. The molecular weight excluding hydrogens is 324 g/mol. The summed E-state index contributed by atoms with van der Waals surface area (Å²) in [7, 11) is 0. The SMILES string of the molecule is CCN(CC)c1ccc(CNC(=O)COc2ccc(C(C)C)cc2)cc1. The Labute approximate surface area is 157 Å². The molecule has 4 nitrogen and oxygen atoms in total. The lowest BCUT2D eigenvalue weighted by molar-refractivity contribution is -0.123. The van der Waals surface area contributed by atoms with Gasteiger partial charge in [0.25, 0.3) is 5.91 Å². The third kappa shape index (κ3) is 5.80. The van der Waals surface area contributed by atoms with Gasteiger partial charge in [-0.3, -0.25) is 4.79 Å². The van der Waals surface area contributed by atoms with Gasteiger partial charge in [-0.15, -0.1) is 0 Å². The van der Waals surface area contributed by atoms with E-state index in [4.69, 9.17) is 4.74 Å². The highest BCUT2D eigenvalue weighted by atomic mass is 16.5. The number of amides is 1. The molecule has 0 spiro atoms. The van der Waals surface area contributed by atoms with Crippen molar-refractivity contribution in [3.63, 3.8) is 0 Å². The average Bonchev–Trinajstić information content (AvgIpc) is 2.67. The van der Waals surface area contributed by atoms with Crippen LogP contribution in [0.5, 0.6) is 5.75 Å². The van der Waals surface area contributed by atoms with Crippen LogP contribution in [0.3, 0.4) is 0 Å². The van der Waals surface area contributed by atoms with Crippen LogP contribution < -0.4 is 15.0 Å². The number of anilines is 1. The van der Waals surface area contributed by atoms with Crippen molar-refractivity contribution in [3.05, 3.63) is 59.7 Å². The summed E-state index contributed by atoms with van der Waals surface area (Å²) < 4.78 is 5.55. The minimum atomic E-state index is -0.120. The highest BCUT2D eigenvalue weighted by Crippen LogP contribution is 2.18. The molecule has 0 radical (unpaired) electrons. The van der Waals surface area contributed by atoms with E-state index in [1.54, 1.807) is 0 Å². The van der Waals surface area contributed by atoms with Crippen LogP contribution in [0.15, 0.2) is 48.5 Å². The van der Waals surface area contributed by atoms with E-state index >= 15 is 0 Å². The maximum absolute atomic E-state index is 12.0. The van der Waals surface area contributed by atoms with Crippen molar-refractivity contribution in [2.75, 3.05) is 24.6 Å². The number of nitrogens with one attached hydrogen (secondary N) is 1. The van der Waals surface area contributed by atoms with E-state index in [2.05, 4.69) is 62.2 Å². The molecule has 1 amide bonds. The molecule has 4 heteroatoms. The number of carbonyl (C=O) groups excluding carboxylic acids is 1.